The molecule has 0 radical (unpaired) electrons. The average Bonchev–Trinajstić information content (AvgIpc) is 2.65. The highest BCUT2D eigenvalue weighted by Crippen LogP contribution is 2.62. The molecule has 88 valence electrons. The topological polar surface area (TPSA) is 43.1 Å². The van der Waals surface area contributed by atoms with E-state index in [0.717, 1.165) is 5.75 Å². The first-order valence-electron chi connectivity index (χ1n) is 5.28. The van der Waals surface area contributed by atoms with Gasteiger partial charge >= 0.3 is 0 Å². The Morgan fingerprint density at radius 1 is 1.25 bits per heavy atom. The summed E-state index contributed by atoms with van der Waals surface area (Å²) in [4.78, 5) is 10.2. The van der Waals surface area contributed by atoms with Gasteiger partial charge in [0.25, 0.3) is 5.69 Å². The summed E-state index contributed by atoms with van der Waals surface area (Å²) in [5.74, 6) is 3.61. The molecule has 5 heteroatoms. The number of benzene rings is 1. The summed E-state index contributed by atoms with van der Waals surface area (Å²) >= 11 is 3.88. The van der Waals surface area contributed by atoms with Crippen LogP contribution in [0.4, 0.5) is 5.69 Å². The normalized spacial score (nSPS) is 20.6. The molecule has 0 atom stereocenters. The Labute approximate surface area is 104 Å². The van der Waals surface area contributed by atoms with Crippen LogP contribution < -0.4 is 0 Å². The van der Waals surface area contributed by atoms with Crippen molar-refractivity contribution in [3.05, 3.63) is 39.9 Å². The van der Waals surface area contributed by atoms with Crippen LogP contribution in [0.5, 0.6) is 0 Å². The molecule has 1 heterocycles. The lowest BCUT2D eigenvalue weighted by molar-refractivity contribution is -0.384. The van der Waals surface area contributed by atoms with E-state index in [9.17, 15) is 10.1 Å². The summed E-state index contributed by atoms with van der Waals surface area (Å²) in [5.41, 5.74) is 1.38. The molecular weight excluding hydrogens is 290 g/mol. The van der Waals surface area contributed by atoms with Crippen LogP contribution in [0.15, 0.2) is 24.3 Å². The molecule has 0 bridgehead atoms. The molecule has 0 saturated carbocycles. The number of non-ortho nitro benzene ring substituents is 1. The van der Waals surface area contributed by atoms with Crippen molar-refractivity contribution in [1.29, 1.82) is 0 Å². The number of hydrogen-bond acceptors (Lipinski definition) is 2. The first kappa shape index (κ1) is 11.9. The molecular formula is C11H14BrNO2S. The Hall–Kier alpha value is -0.550. The molecule has 3 nitrogen and oxygen atoms in total. The minimum atomic E-state index is -0.647. The standard InChI is InChI=1S/C11H14BrNO2S/c12-16(7-1-2-8-16)9-10-3-5-11(6-4-10)13(14)15/h3-6H,1-2,7-9H2. The molecule has 1 aromatic carbocycles. The van der Waals surface area contributed by atoms with Crippen molar-refractivity contribution in [2.24, 2.45) is 0 Å². The molecule has 0 aliphatic carbocycles. The molecule has 1 saturated heterocycles. The third kappa shape index (κ3) is 2.77. The molecule has 16 heavy (non-hydrogen) atoms. The van der Waals surface area contributed by atoms with E-state index in [2.05, 4.69) is 14.8 Å². The average molecular weight is 304 g/mol. The Bertz CT molecular complexity index is 387. The number of rotatable bonds is 3. The van der Waals surface area contributed by atoms with Gasteiger partial charge in [0, 0.05) is 17.9 Å². The zero-order valence-electron chi connectivity index (χ0n) is 8.89. The van der Waals surface area contributed by atoms with Gasteiger partial charge in [-0.25, -0.2) is 0 Å². The molecule has 0 aromatic heterocycles. The van der Waals surface area contributed by atoms with Crippen LogP contribution in [0.3, 0.4) is 0 Å². The summed E-state index contributed by atoms with van der Waals surface area (Å²) in [5, 5.41) is 10.5. The predicted molar refractivity (Wildman–Crippen MR) is 72.3 cm³/mol. The van der Waals surface area contributed by atoms with Crippen LogP contribution in [-0.2, 0) is 5.75 Å². The summed E-state index contributed by atoms with van der Waals surface area (Å²) in [7, 11) is -0.647. The molecule has 0 spiro atoms. The van der Waals surface area contributed by atoms with Crippen molar-refractivity contribution in [1.82, 2.24) is 0 Å². The van der Waals surface area contributed by atoms with Crippen molar-refractivity contribution >= 4 is 29.0 Å². The number of nitrogens with zero attached hydrogens (tertiary/aromatic N) is 1. The number of nitro groups is 1. The van der Waals surface area contributed by atoms with Gasteiger partial charge in [0.1, 0.15) is 0 Å². The van der Waals surface area contributed by atoms with E-state index in [4.69, 9.17) is 0 Å². The van der Waals surface area contributed by atoms with Crippen molar-refractivity contribution in [2.75, 3.05) is 11.5 Å². The number of halogens is 1. The zero-order valence-corrected chi connectivity index (χ0v) is 11.3. The second-order valence-corrected chi connectivity index (χ2v) is 11.2. The first-order chi connectivity index (χ1) is 7.59. The predicted octanol–water partition coefficient (Wildman–Crippen LogP) is 4.00. The van der Waals surface area contributed by atoms with E-state index in [1.807, 2.05) is 12.1 Å². The fourth-order valence-corrected chi connectivity index (χ4v) is 6.87. The van der Waals surface area contributed by atoms with Crippen molar-refractivity contribution in [3.8, 4) is 0 Å². The van der Waals surface area contributed by atoms with Gasteiger partial charge in [0.2, 0.25) is 0 Å². The quantitative estimate of drug-likeness (QED) is 0.625. The maximum Gasteiger partial charge on any atom is 0.269 e. The molecule has 1 fully saturated rings. The summed E-state index contributed by atoms with van der Waals surface area (Å²) in [6.07, 6.45) is 2.63. The summed E-state index contributed by atoms with van der Waals surface area (Å²) in [6, 6.07) is 6.96. The Morgan fingerprint density at radius 3 is 2.31 bits per heavy atom. The van der Waals surface area contributed by atoms with Gasteiger partial charge < -0.3 is 0 Å². The van der Waals surface area contributed by atoms with E-state index >= 15 is 0 Å². The van der Waals surface area contributed by atoms with Gasteiger partial charge in [-0.05, 0) is 44.7 Å². The zero-order chi connectivity index (χ0) is 11.6. The highest BCUT2D eigenvalue weighted by molar-refractivity contribution is 9.58. The molecule has 1 aliphatic rings. The van der Waals surface area contributed by atoms with E-state index in [1.54, 1.807) is 12.1 Å². The lowest BCUT2D eigenvalue weighted by Gasteiger charge is -2.27. The maximum atomic E-state index is 10.5. The third-order valence-electron chi connectivity index (χ3n) is 2.84. The van der Waals surface area contributed by atoms with Crippen LogP contribution in [0.1, 0.15) is 18.4 Å². The summed E-state index contributed by atoms with van der Waals surface area (Å²) < 4.78 is 0. The monoisotopic (exact) mass is 303 g/mol. The van der Waals surface area contributed by atoms with E-state index in [1.165, 1.54) is 29.9 Å². The van der Waals surface area contributed by atoms with Gasteiger partial charge in [0.15, 0.2) is 0 Å². The highest BCUT2D eigenvalue weighted by atomic mass is 79.9. The fourth-order valence-electron chi connectivity index (χ4n) is 1.98. The number of hydrogen-bond donors (Lipinski definition) is 0. The van der Waals surface area contributed by atoms with Crippen molar-refractivity contribution in [3.63, 3.8) is 0 Å². The Kier molecular flexibility index (Phi) is 3.54. The van der Waals surface area contributed by atoms with Gasteiger partial charge in [0.05, 0.1) is 4.92 Å². The molecule has 0 unspecified atom stereocenters. The van der Waals surface area contributed by atoms with Gasteiger partial charge in [-0.15, -0.1) is 0 Å². The van der Waals surface area contributed by atoms with E-state index in [-0.39, 0.29) is 10.6 Å². The van der Waals surface area contributed by atoms with Crippen LogP contribution >= 0.6 is 23.3 Å². The van der Waals surface area contributed by atoms with Gasteiger partial charge in [-0.3, -0.25) is 10.1 Å². The molecule has 0 N–H and O–H groups in total. The van der Waals surface area contributed by atoms with Crippen molar-refractivity contribution < 1.29 is 4.92 Å². The lowest BCUT2D eigenvalue weighted by Crippen LogP contribution is -1.97. The smallest absolute Gasteiger partial charge is 0.258 e. The highest BCUT2D eigenvalue weighted by Gasteiger charge is 2.25. The number of nitro benzene ring substituents is 1. The summed E-state index contributed by atoms with van der Waals surface area (Å²) in [6.45, 7) is 0. The Morgan fingerprint density at radius 2 is 1.81 bits per heavy atom. The Balaban J connectivity index is 2.07. The third-order valence-corrected chi connectivity index (χ3v) is 8.36. The van der Waals surface area contributed by atoms with Gasteiger partial charge in [-0.2, -0.15) is 8.46 Å². The molecule has 1 aromatic rings. The van der Waals surface area contributed by atoms with Gasteiger partial charge in [-0.1, -0.05) is 12.1 Å². The molecule has 2 rings (SSSR count). The second kappa shape index (κ2) is 4.75. The van der Waals surface area contributed by atoms with Crippen LogP contribution in [0.2, 0.25) is 0 Å². The molecule has 0 amide bonds. The van der Waals surface area contributed by atoms with Crippen LogP contribution in [0.25, 0.3) is 0 Å². The fraction of sp³-hybridized carbons (Fsp3) is 0.455. The maximum absolute atomic E-state index is 10.5. The van der Waals surface area contributed by atoms with Crippen LogP contribution in [0, 0.1) is 10.1 Å². The SMILES string of the molecule is O=[N+]([O-])c1ccc(CS2(Br)CCCC2)cc1. The largest absolute Gasteiger partial charge is 0.269 e. The first-order valence-corrected chi connectivity index (χ1v) is 9.27. The minimum Gasteiger partial charge on any atom is -0.258 e. The van der Waals surface area contributed by atoms with E-state index in [0.29, 0.717) is 0 Å². The lowest BCUT2D eigenvalue weighted by atomic mass is 10.2. The second-order valence-electron chi connectivity index (χ2n) is 4.12. The minimum absolute atomic E-state index is 0.175. The van der Waals surface area contributed by atoms with Crippen molar-refractivity contribution in [2.45, 2.75) is 18.6 Å². The van der Waals surface area contributed by atoms with E-state index < -0.39 is 8.46 Å². The van der Waals surface area contributed by atoms with Crippen LogP contribution in [-0.4, -0.2) is 16.4 Å². The molecule has 1 aliphatic heterocycles.